The number of nitrogens with zero attached hydrogens (tertiary/aromatic N) is 2. The average Bonchev–Trinajstić information content (AvgIpc) is 2.48. The number of hydrogen-bond acceptors (Lipinski definition) is 3. The zero-order valence-corrected chi connectivity index (χ0v) is 10.8. The van der Waals surface area contributed by atoms with Gasteiger partial charge in [-0.15, -0.1) is 0 Å². The molecule has 0 aliphatic heterocycles. The molecule has 0 saturated carbocycles. The molecule has 4 heteroatoms. The Bertz CT molecular complexity index is 634. The third-order valence-electron chi connectivity index (χ3n) is 3.03. The number of carbonyl (C=O) groups is 1. The van der Waals surface area contributed by atoms with Crippen LogP contribution in [0.2, 0.25) is 0 Å². The number of nitriles is 1. The van der Waals surface area contributed by atoms with Crippen molar-refractivity contribution in [1.82, 2.24) is 4.98 Å². The quantitative estimate of drug-likeness (QED) is 0.837. The zero-order valence-electron chi connectivity index (χ0n) is 10.8. The van der Waals surface area contributed by atoms with Gasteiger partial charge in [0.15, 0.2) is 5.78 Å². The van der Waals surface area contributed by atoms with Crippen LogP contribution in [-0.2, 0) is 11.2 Å². The second kappa shape index (κ2) is 6.58. The molecule has 0 saturated heterocycles. The summed E-state index contributed by atoms with van der Waals surface area (Å²) in [6.07, 6.45) is 1.95. The Morgan fingerprint density at radius 2 is 2.00 bits per heavy atom. The van der Waals surface area contributed by atoms with E-state index >= 15 is 0 Å². The first-order valence-electron chi connectivity index (χ1n) is 6.29. The summed E-state index contributed by atoms with van der Waals surface area (Å²) in [5.41, 5.74) is 0.923. The molecule has 20 heavy (non-hydrogen) atoms. The number of Topliss-reactive ketones (excluding diaryl/α,β-unsaturated/α-hetero) is 1. The molecule has 0 radical (unpaired) electrons. The van der Waals surface area contributed by atoms with Crippen molar-refractivity contribution in [2.24, 2.45) is 0 Å². The van der Waals surface area contributed by atoms with Crippen LogP contribution in [-0.4, -0.2) is 10.8 Å². The molecular weight excluding hydrogens is 255 g/mol. The lowest BCUT2D eigenvalue weighted by atomic mass is 9.96. The van der Waals surface area contributed by atoms with Gasteiger partial charge >= 0.3 is 0 Å². The third kappa shape index (κ3) is 3.27. The van der Waals surface area contributed by atoms with Gasteiger partial charge in [-0.05, 0) is 30.2 Å². The van der Waals surface area contributed by atoms with Crippen LogP contribution in [0, 0.1) is 17.1 Å². The molecule has 3 nitrogen and oxygen atoms in total. The van der Waals surface area contributed by atoms with E-state index in [1.807, 2.05) is 6.07 Å². The first kappa shape index (κ1) is 13.9. The SMILES string of the molecule is N#C[C@H](C(=O)CCc1ccccc1F)c1ccccn1. The van der Waals surface area contributed by atoms with Crippen LogP contribution < -0.4 is 0 Å². The number of aryl methyl sites for hydroxylation is 1. The molecule has 0 aliphatic rings. The second-order valence-electron chi connectivity index (χ2n) is 4.37. The minimum Gasteiger partial charge on any atom is -0.298 e. The molecule has 0 spiro atoms. The Morgan fingerprint density at radius 3 is 2.65 bits per heavy atom. The van der Waals surface area contributed by atoms with E-state index in [9.17, 15) is 9.18 Å². The van der Waals surface area contributed by atoms with Crippen LogP contribution in [0.5, 0.6) is 0 Å². The predicted molar refractivity (Wildman–Crippen MR) is 72.3 cm³/mol. The fourth-order valence-corrected chi connectivity index (χ4v) is 1.95. The molecule has 0 N–H and O–H groups in total. The van der Waals surface area contributed by atoms with Crippen LogP contribution in [0.3, 0.4) is 0 Å². The van der Waals surface area contributed by atoms with E-state index in [1.165, 1.54) is 6.07 Å². The fraction of sp³-hybridized carbons (Fsp3) is 0.188. The number of hydrogen-bond donors (Lipinski definition) is 0. The minimum atomic E-state index is -0.886. The van der Waals surface area contributed by atoms with E-state index in [1.54, 1.807) is 42.6 Å². The molecule has 1 aromatic carbocycles. The van der Waals surface area contributed by atoms with Crippen LogP contribution in [0.25, 0.3) is 0 Å². The summed E-state index contributed by atoms with van der Waals surface area (Å²) in [6, 6.07) is 13.4. The smallest absolute Gasteiger partial charge is 0.156 e. The molecule has 2 rings (SSSR count). The van der Waals surface area contributed by atoms with E-state index in [-0.39, 0.29) is 24.4 Å². The lowest BCUT2D eigenvalue weighted by molar-refractivity contribution is -0.119. The van der Waals surface area contributed by atoms with Gasteiger partial charge in [0.05, 0.1) is 11.8 Å². The number of carbonyl (C=O) groups excluding carboxylic acids is 1. The maximum atomic E-state index is 13.5. The van der Waals surface area contributed by atoms with Crippen molar-refractivity contribution in [3.05, 3.63) is 65.7 Å². The van der Waals surface area contributed by atoms with Crippen molar-refractivity contribution < 1.29 is 9.18 Å². The van der Waals surface area contributed by atoms with Gasteiger partial charge in [-0.3, -0.25) is 9.78 Å². The van der Waals surface area contributed by atoms with Gasteiger partial charge in [-0.25, -0.2) is 4.39 Å². The van der Waals surface area contributed by atoms with E-state index in [2.05, 4.69) is 4.98 Å². The van der Waals surface area contributed by atoms with Gasteiger partial charge in [0.25, 0.3) is 0 Å². The maximum absolute atomic E-state index is 13.5. The minimum absolute atomic E-state index is 0.121. The number of pyridine rings is 1. The summed E-state index contributed by atoms with van der Waals surface area (Å²) >= 11 is 0. The first-order chi connectivity index (χ1) is 9.72. The highest BCUT2D eigenvalue weighted by molar-refractivity contribution is 5.88. The highest BCUT2D eigenvalue weighted by Crippen LogP contribution is 2.17. The van der Waals surface area contributed by atoms with E-state index in [4.69, 9.17) is 5.26 Å². The Hall–Kier alpha value is -2.54. The Balaban J connectivity index is 2.05. The van der Waals surface area contributed by atoms with Crippen molar-refractivity contribution in [2.45, 2.75) is 18.8 Å². The zero-order chi connectivity index (χ0) is 14.4. The van der Waals surface area contributed by atoms with Crippen molar-refractivity contribution in [2.75, 3.05) is 0 Å². The summed E-state index contributed by atoms with van der Waals surface area (Å²) < 4.78 is 13.5. The standard InChI is InChI=1S/C16H13FN2O/c17-14-6-2-1-5-12(14)8-9-16(20)13(11-18)15-7-3-4-10-19-15/h1-7,10,13H,8-9H2/t13-/m0/s1. The van der Waals surface area contributed by atoms with E-state index < -0.39 is 5.92 Å². The molecule has 0 amide bonds. The number of halogens is 1. The van der Waals surface area contributed by atoms with Crippen LogP contribution in [0.15, 0.2) is 48.7 Å². The number of benzene rings is 1. The third-order valence-corrected chi connectivity index (χ3v) is 3.03. The normalized spacial score (nSPS) is 11.6. The molecule has 0 fully saturated rings. The molecule has 100 valence electrons. The molecule has 0 aliphatic carbocycles. The summed E-state index contributed by atoms with van der Waals surface area (Å²) in [6.45, 7) is 0. The number of ketones is 1. The molecule has 0 unspecified atom stereocenters. The average molecular weight is 268 g/mol. The molecule has 1 heterocycles. The van der Waals surface area contributed by atoms with Crippen LogP contribution in [0.4, 0.5) is 4.39 Å². The number of rotatable bonds is 5. The Kier molecular flexibility index (Phi) is 4.56. The summed E-state index contributed by atoms with van der Waals surface area (Å²) in [7, 11) is 0. The van der Waals surface area contributed by atoms with Gasteiger partial charge in [0.1, 0.15) is 11.7 Å². The second-order valence-corrected chi connectivity index (χ2v) is 4.37. The van der Waals surface area contributed by atoms with Gasteiger partial charge < -0.3 is 0 Å². The summed E-state index contributed by atoms with van der Waals surface area (Å²) in [5.74, 6) is -1.45. The van der Waals surface area contributed by atoms with Gasteiger partial charge in [0.2, 0.25) is 0 Å². The maximum Gasteiger partial charge on any atom is 0.156 e. The molecule has 0 bridgehead atoms. The first-order valence-corrected chi connectivity index (χ1v) is 6.29. The highest BCUT2D eigenvalue weighted by Gasteiger charge is 2.21. The lowest BCUT2D eigenvalue weighted by Gasteiger charge is -2.07. The van der Waals surface area contributed by atoms with Crippen molar-refractivity contribution >= 4 is 5.78 Å². The van der Waals surface area contributed by atoms with Crippen LogP contribution >= 0.6 is 0 Å². The van der Waals surface area contributed by atoms with E-state index in [0.717, 1.165) is 0 Å². The summed E-state index contributed by atoms with van der Waals surface area (Å²) in [4.78, 5) is 16.1. The Labute approximate surface area is 116 Å². The topological polar surface area (TPSA) is 53.8 Å². The monoisotopic (exact) mass is 268 g/mol. The Morgan fingerprint density at radius 1 is 1.25 bits per heavy atom. The predicted octanol–water partition coefficient (Wildman–Crippen LogP) is 3.03. The van der Waals surface area contributed by atoms with Crippen LogP contribution in [0.1, 0.15) is 23.6 Å². The van der Waals surface area contributed by atoms with Crippen molar-refractivity contribution in [3.63, 3.8) is 0 Å². The largest absolute Gasteiger partial charge is 0.298 e. The molecule has 1 atom stereocenters. The highest BCUT2D eigenvalue weighted by atomic mass is 19.1. The molecule has 2 aromatic rings. The van der Waals surface area contributed by atoms with Gasteiger partial charge in [0, 0.05) is 12.6 Å². The molecule has 1 aromatic heterocycles. The van der Waals surface area contributed by atoms with E-state index in [0.29, 0.717) is 11.3 Å². The number of aromatic nitrogens is 1. The van der Waals surface area contributed by atoms with Crippen molar-refractivity contribution in [1.29, 1.82) is 5.26 Å². The summed E-state index contributed by atoms with van der Waals surface area (Å²) in [5, 5.41) is 9.12. The molecular formula is C16H13FN2O. The lowest BCUT2D eigenvalue weighted by Crippen LogP contribution is -2.13. The fourth-order valence-electron chi connectivity index (χ4n) is 1.95. The van der Waals surface area contributed by atoms with Gasteiger partial charge in [-0.2, -0.15) is 5.26 Å². The van der Waals surface area contributed by atoms with Gasteiger partial charge in [-0.1, -0.05) is 24.3 Å². The van der Waals surface area contributed by atoms with Crippen molar-refractivity contribution in [3.8, 4) is 6.07 Å².